The van der Waals surface area contributed by atoms with Gasteiger partial charge in [-0.3, -0.25) is 9.78 Å². The molecule has 5 rings (SSSR count). The second kappa shape index (κ2) is 5.98. The number of hydrogen-bond donors (Lipinski definition) is 1. The molecule has 4 aromatic rings. The average Bonchev–Trinajstić information content (AvgIpc) is 3.13. The minimum absolute atomic E-state index is 0.0402. The maximum Gasteiger partial charge on any atom is 0.225 e. The van der Waals surface area contributed by atoms with E-state index in [1.165, 1.54) is 16.9 Å². The Morgan fingerprint density at radius 1 is 1.07 bits per heavy atom. The first-order valence-corrected chi connectivity index (χ1v) is 8.55. The Hall–Kier alpha value is -3.61. The molecule has 0 bridgehead atoms. The van der Waals surface area contributed by atoms with E-state index in [1.807, 2.05) is 24.3 Å². The molecule has 2 aromatic heterocycles. The second-order valence-electron chi connectivity index (χ2n) is 6.45. The van der Waals surface area contributed by atoms with E-state index in [2.05, 4.69) is 20.5 Å². The van der Waals surface area contributed by atoms with Gasteiger partial charge in [-0.05, 0) is 48.0 Å². The summed E-state index contributed by atoms with van der Waals surface area (Å²) in [5, 5.41) is 12.1. The zero-order valence-corrected chi connectivity index (χ0v) is 14.1. The topological polar surface area (TPSA) is 72.7 Å². The van der Waals surface area contributed by atoms with Gasteiger partial charge in [0.25, 0.3) is 0 Å². The van der Waals surface area contributed by atoms with Crippen LogP contribution in [0.25, 0.3) is 16.7 Å². The first-order chi connectivity index (χ1) is 13.2. The number of carbonyl (C=O) groups is 1. The van der Waals surface area contributed by atoms with Crippen molar-refractivity contribution in [3.05, 3.63) is 77.9 Å². The summed E-state index contributed by atoms with van der Waals surface area (Å²) in [5.41, 5.74) is 4.71. The molecule has 0 unspecified atom stereocenters. The van der Waals surface area contributed by atoms with Crippen LogP contribution >= 0.6 is 0 Å². The van der Waals surface area contributed by atoms with Gasteiger partial charge in [0, 0.05) is 36.0 Å². The lowest BCUT2D eigenvalue weighted by molar-refractivity contribution is -0.116. The van der Waals surface area contributed by atoms with Crippen molar-refractivity contribution in [2.24, 2.45) is 0 Å². The largest absolute Gasteiger partial charge is 0.326 e. The highest BCUT2D eigenvalue weighted by molar-refractivity contribution is 5.99. The molecule has 0 radical (unpaired) electrons. The number of halogens is 1. The number of nitrogens with zero attached hydrogens (tertiary/aromatic N) is 4. The molecule has 2 aromatic carbocycles. The molecule has 27 heavy (non-hydrogen) atoms. The number of hydrogen-bond acceptors (Lipinski definition) is 4. The molecule has 1 N–H and O–H groups in total. The number of rotatable bonds is 2. The van der Waals surface area contributed by atoms with E-state index in [-0.39, 0.29) is 17.6 Å². The van der Waals surface area contributed by atoms with Crippen LogP contribution in [-0.4, -0.2) is 25.9 Å². The number of fused-ring (bicyclic) bond motifs is 3. The van der Waals surface area contributed by atoms with Crippen LogP contribution in [0.2, 0.25) is 0 Å². The Balaban J connectivity index is 1.71. The van der Waals surface area contributed by atoms with Crippen LogP contribution in [0, 0.1) is 5.82 Å². The Bertz CT molecular complexity index is 1150. The number of pyridine rings is 1. The molecule has 0 aliphatic carbocycles. The van der Waals surface area contributed by atoms with Crippen molar-refractivity contribution in [2.45, 2.75) is 12.3 Å². The van der Waals surface area contributed by atoms with Crippen LogP contribution in [0.4, 0.5) is 10.1 Å². The highest BCUT2D eigenvalue weighted by Crippen LogP contribution is 2.40. The Labute approximate surface area is 153 Å². The van der Waals surface area contributed by atoms with E-state index in [0.29, 0.717) is 23.1 Å². The molecule has 1 amide bonds. The van der Waals surface area contributed by atoms with Crippen molar-refractivity contribution in [1.29, 1.82) is 0 Å². The minimum atomic E-state index is -0.313. The number of carbonyl (C=O) groups excluding carboxylic acids is 1. The van der Waals surface area contributed by atoms with Gasteiger partial charge in [0.05, 0.1) is 5.69 Å². The van der Waals surface area contributed by atoms with Crippen LogP contribution in [0.15, 0.2) is 60.9 Å². The molecule has 0 saturated heterocycles. The van der Waals surface area contributed by atoms with Crippen molar-refractivity contribution in [1.82, 2.24) is 20.0 Å². The molecule has 0 saturated carbocycles. The normalized spacial score (nSPS) is 16.2. The van der Waals surface area contributed by atoms with Crippen LogP contribution in [-0.2, 0) is 4.79 Å². The van der Waals surface area contributed by atoms with Gasteiger partial charge in [0.15, 0.2) is 0 Å². The lowest BCUT2D eigenvalue weighted by Crippen LogP contribution is -2.23. The fourth-order valence-electron chi connectivity index (χ4n) is 3.51. The van der Waals surface area contributed by atoms with Gasteiger partial charge in [0.1, 0.15) is 16.9 Å². The Kier molecular flexibility index (Phi) is 3.46. The summed E-state index contributed by atoms with van der Waals surface area (Å²) in [6, 6.07) is 13.5. The number of amides is 1. The van der Waals surface area contributed by atoms with Crippen LogP contribution in [0.1, 0.15) is 23.5 Å². The van der Waals surface area contributed by atoms with E-state index >= 15 is 0 Å². The average molecular weight is 359 g/mol. The maximum atomic E-state index is 13.2. The first-order valence-electron chi connectivity index (χ1n) is 8.55. The van der Waals surface area contributed by atoms with Crippen molar-refractivity contribution >= 4 is 22.6 Å². The molecular formula is C20H14FN5O. The van der Waals surface area contributed by atoms with Gasteiger partial charge >= 0.3 is 0 Å². The number of benzene rings is 2. The highest BCUT2D eigenvalue weighted by Gasteiger charge is 2.30. The fourth-order valence-corrected chi connectivity index (χ4v) is 3.51. The predicted octanol–water partition coefficient (Wildman–Crippen LogP) is 3.43. The molecule has 132 valence electrons. The molecule has 0 spiro atoms. The van der Waals surface area contributed by atoms with E-state index in [9.17, 15) is 9.18 Å². The quantitative estimate of drug-likeness (QED) is 0.595. The Morgan fingerprint density at radius 3 is 2.70 bits per heavy atom. The number of aromatic nitrogens is 4. The summed E-state index contributed by atoms with van der Waals surface area (Å²) in [4.78, 5) is 17.9. The number of anilines is 1. The van der Waals surface area contributed by atoms with Crippen molar-refractivity contribution < 1.29 is 9.18 Å². The first kappa shape index (κ1) is 15.6. The summed E-state index contributed by atoms with van der Waals surface area (Å²) in [7, 11) is 0. The van der Waals surface area contributed by atoms with Gasteiger partial charge in [-0.25, -0.2) is 4.39 Å². The molecule has 7 heteroatoms. The maximum absolute atomic E-state index is 13.2. The monoisotopic (exact) mass is 359 g/mol. The summed E-state index contributed by atoms with van der Waals surface area (Å²) in [6.45, 7) is 0. The van der Waals surface area contributed by atoms with Gasteiger partial charge in [0.2, 0.25) is 5.91 Å². The highest BCUT2D eigenvalue weighted by atomic mass is 19.1. The van der Waals surface area contributed by atoms with Gasteiger partial charge in [-0.15, -0.1) is 10.2 Å². The smallest absolute Gasteiger partial charge is 0.225 e. The van der Waals surface area contributed by atoms with Gasteiger partial charge in [-0.2, -0.15) is 4.80 Å². The minimum Gasteiger partial charge on any atom is -0.326 e. The van der Waals surface area contributed by atoms with Crippen LogP contribution < -0.4 is 5.32 Å². The molecule has 1 aliphatic rings. The second-order valence-corrected chi connectivity index (χ2v) is 6.45. The van der Waals surface area contributed by atoms with E-state index < -0.39 is 0 Å². The lowest BCUT2D eigenvalue weighted by atomic mass is 9.85. The fraction of sp³-hybridized carbons (Fsp3) is 0.100. The van der Waals surface area contributed by atoms with E-state index in [0.717, 1.165) is 16.8 Å². The molecule has 3 heterocycles. The standard InChI is InChI=1S/C20H14FN5O/c21-13-3-5-14(6-4-13)26-24-17-8-7-16-19(20(17)25-26)15(10-18(27)23-16)12-2-1-9-22-11-12/h1-9,11,15H,10H2,(H,23,27)/t15-/m0/s1. The molecule has 1 aliphatic heterocycles. The van der Waals surface area contributed by atoms with Crippen molar-refractivity contribution in [3.8, 4) is 5.69 Å². The zero-order chi connectivity index (χ0) is 18.4. The van der Waals surface area contributed by atoms with E-state index in [4.69, 9.17) is 0 Å². The molecule has 6 nitrogen and oxygen atoms in total. The third-order valence-corrected chi connectivity index (χ3v) is 4.75. The van der Waals surface area contributed by atoms with Crippen molar-refractivity contribution in [3.63, 3.8) is 0 Å². The third-order valence-electron chi connectivity index (χ3n) is 4.75. The SMILES string of the molecule is O=C1C[C@@H](c2cccnc2)c2c(ccc3nn(-c4ccc(F)cc4)nc23)N1. The molecule has 0 fully saturated rings. The zero-order valence-electron chi connectivity index (χ0n) is 14.1. The summed E-state index contributed by atoms with van der Waals surface area (Å²) in [5.74, 6) is -0.502. The van der Waals surface area contributed by atoms with Gasteiger partial charge < -0.3 is 5.32 Å². The Morgan fingerprint density at radius 2 is 1.93 bits per heavy atom. The molecule has 1 atom stereocenters. The predicted molar refractivity (Wildman–Crippen MR) is 98.1 cm³/mol. The molecular weight excluding hydrogens is 345 g/mol. The van der Waals surface area contributed by atoms with Crippen molar-refractivity contribution in [2.75, 3.05) is 5.32 Å². The van der Waals surface area contributed by atoms with E-state index in [1.54, 1.807) is 24.5 Å². The van der Waals surface area contributed by atoms with Crippen LogP contribution in [0.5, 0.6) is 0 Å². The van der Waals surface area contributed by atoms with Gasteiger partial charge in [-0.1, -0.05) is 6.07 Å². The summed E-state index contributed by atoms with van der Waals surface area (Å²) < 4.78 is 13.2. The van der Waals surface area contributed by atoms with Crippen LogP contribution in [0.3, 0.4) is 0 Å². The number of nitrogens with one attached hydrogen (secondary N) is 1. The third kappa shape index (κ3) is 2.64. The summed E-state index contributed by atoms with van der Waals surface area (Å²) in [6.07, 6.45) is 3.80. The lowest BCUT2D eigenvalue weighted by Gasteiger charge is -2.25. The summed E-state index contributed by atoms with van der Waals surface area (Å²) >= 11 is 0.